The first-order valence-corrected chi connectivity index (χ1v) is 9.06. The molecular weight excluding hydrogens is 356 g/mol. The number of thiophene rings is 1. The summed E-state index contributed by atoms with van der Waals surface area (Å²) in [4.78, 5) is 24.3. The molecule has 1 heterocycles. The van der Waals surface area contributed by atoms with Gasteiger partial charge in [0.25, 0.3) is 5.91 Å². The van der Waals surface area contributed by atoms with E-state index in [0.717, 1.165) is 15.6 Å². The number of nitrogens with one attached hydrogen (secondary N) is 2. The van der Waals surface area contributed by atoms with E-state index in [0.29, 0.717) is 28.4 Å². The summed E-state index contributed by atoms with van der Waals surface area (Å²) in [6.07, 6.45) is 1.11. The summed E-state index contributed by atoms with van der Waals surface area (Å²) in [6, 6.07) is 15.2. The summed E-state index contributed by atoms with van der Waals surface area (Å²) in [5.74, 6) is -0.207. The van der Waals surface area contributed by atoms with E-state index in [1.54, 1.807) is 7.05 Å². The SMILES string of the molecule is CNC(=O)CCc1ccc(NC(=O)c2sc3ccccc3c2Cl)cc1. The lowest BCUT2D eigenvalue weighted by molar-refractivity contribution is -0.120. The maximum absolute atomic E-state index is 12.5. The van der Waals surface area contributed by atoms with Gasteiger partial charge in [-0.3, -0.25) is 9.59 Å². The second kappa shape index (κ2) is 7.68. The van der Waals surface area contributed by atoms with Gasteiger partial charge in [0.1, 0.15) is 4.88 Å². The molecule has 1 aromatic heterocycles. The van der Waals surface area contributed by atoms with Gasteiger partial charge < -0.3 is 10.6 Å². The molecule has 0 aliphatic rings. The summed E-state index contributed by atoms with van der Waals surface area (Å²) in [5.41, 5.74) is 1.74. The molecule has 0 fully saturated rings. The molecule has 0 aliphatic heterocycles. The van der Waals surface area contributed by atoms with Gasteiger partial charge in [-0.1, -0.05) is 41.9 Å². The van der Waals surface area contributed by atoms with Crippen LogP contribution in [0.2, 0.25) is 5.02 Å². The number of rotatable bonds is 5. The minimum absolute atomic E-state index is 0.0109. The standard InChI is InChI=1S/C19H17ClN2O2S/c1-21-16(23)11-8-12-6-9-13(10-7-12)22-19(24)18-17(20)14-4-2-3-5-15(14)25-18/h2-7,9-10H,8,11H2,1H3,(H,21,23)(H,22,24). The number of hydrogen-bond donors (Lipinski definition) is 2. The lowest BCUT2D eigenvalue weighted by Crippen LogP contribution is -2.17. The van der Waals surface area contributed by atoms with Gasteiger partial charge in [0, 0.05) is 29.2 Å². The monoisotopic (exact) mass is 372 g/mol. The first kappa shape index (κ1) is 17.5. The van der Waals surface area contributed by atoms with Crippen LogP contribution in [0.25, 0.3) is 10.1 Å². The molecule has 0 radical (unpaired) electrons. The van der Waals surface area contributed by atoms with Crippen LogP contribution in [0.4, 0.5) is 5.69 Å². The minimum Gasteiger partial charge on any atom is -0.359 e. The molecule has 0 atom stereocenters. The number of aryl methyl sites for hydroxylation is 1. The van der Waals surface area contributed by atoms with Crippen molar-refractivity contribution in [3.63, 3.8) is 0 Å². The third-order valence-electron chi connectivity index (χ3n) is 3.87. The van der Waals surface area contributed by atoms with E-state index in [1.165, 1.54) is 11.3 Å². The number of halogens is 1. The van der Waals surface area contributed by atoms with Crippen molar-refractivity contribution in [2.45, 2.75) is 12.8 Å². The van der Waals surface area contributed by atoms with Crippen molar-refractivity contribution in [1.29, 1.82) is 0 Å². The molecule has 2 N–H and O–H groups in total. The van der Waals surface area contributed by atoms with E-state index in [2.05, 4.69) is 10.6 Å². The summed E-state index contributed by atoms with van der Waals surface area (Å²) >= 11 is 7.72. The van der Waals surface area contributed by atoms with Crippen LogP contribution in [-0.4, -0.2) is 18.9 Å². The average Bonchev–Trinajstić information content (AvgIpc) is 2.98. The molecule has 0 unspecified atom stereocenters. The number of anilines is 1. The largest absolute Gasteiger partial charge is 0.359 e. The third kappa shape index (κ3) is 4.00. The zero-order chi connectivity index (χ0) is 17.8. The highest BCUT2D eigenvalue weighted by Gasteiger charge is 2.16. The van der Waals surface area contributed by atoms with Gasteiger partial charge in [0.2, 0.25) is 5.91 Å². The van der Waals surface area contributed by atoms with Crippen molar-refractivity contribution in [3.05, 3.63) is 64.0 Å². The summed E-state index contributed by atoms with van der Waals surface area (Å²) < 4.78 is 0.988. The van der Waals surface area contributed by atoms with Crippen LogP contribution in [0, 0.1) is 0 Å². The third-order valence-corrected chi connectivity index (χ3v) is 5.55. The Hall–Kier alpha value is -2.37. The van der Waals surface area contributed by atoms with Crippen molar-refractivity contribution < 1.29 is 9.59 Å². The Morgan fingerprint density at radius 1 is 1.08 bits per heavy atom. The molecule has 2 aromatic carbocycles. The lowest BCUT2D eigenvalue weighted by Gasteiger charge is -2.06. The molecule has 25 heavy (non-hydrogen) atoms. The van der Waals surface area contributed by atoms with E-state index < -0.39 is 0 Å². The number of benzene rings is 2. The Morgan fingerprint density at radius 3 is 2.48 bits per heavy atom. The Morgan fingerprint density at radius 2 is 1.80 bits per heavy atom. The van der Waals surface area contributed by atoms with Gasteiger partial charge in [0.15, 0.2) is 0 Å². The normalized spacial score (nSPS) is 10.6. The van der Waals surface area contributed by atoms with E-state index in [1.807, 2.05) is 48.5 Å². The molecule has 6 heteroatoms. The highest BCUT2D eigenvalue weighted by molar-refractivity contribution is 7.21. The van der Waals surface area contributed by atoms with Crippen LogP contribution in [0.1, 0.15) is 21.7 Å². The second-order valence-electron chi connectivity index (χ2n) is 5.57. The van der Waals surface area contributed by atoms with Crippen LogP contribution in [-0.2, 0) is 11.2 Å². The fourth-order valence-electron chi connectivity index (χ4n) is 2.49. The highest BCUT2D eigenvalue weighted by atomic mass is 35.5. The maximum Gasteiger partial charge on any atom is 0.267 e. The second-order valence-corrected chi connectivity index (χ2v) is 7.00. The van der Waals surface area contributed by atoms with Crippen LogP contribution in [0.5, 0.6) is 0 Å². The van der Waals surface area contributed by atoms with Gasteiger partial charge in [0.05, 0.1) is 5.02 Å². The number of fused-ring (bicyclic) bond motifs is 1. The van der Waals surface area contributed by atoms with Gasteiger partial charge in [-0.2, -0.15) is 0 Å². The van der Waals surface area contributed by atoms with Gasteiger partial charge in [-0.15, -0.1) is 11.3 Å². The summed E-state index contributed by atoms with van der Waals surface area (Å²) in [7, 11) is 1.63. The Balaban J connectivity index is 1.70. The lowest BCUT2D eigenvalue weighted by atomic mass is 10.1. The fourth-order valence-corrected chi connectivity index (χ4v) is 3.90. The number of amides is 2. The van der Waals surface area contributed by atoms with Gasteiger partial charge in [-0.25, -0.2) is 0 Å². The Kier molecular flexibility index (Phi) is 5.36. The Bertz CT molecular complexity index is 919. The van der Waals surface area contributed by atoms with Crippen LogP contribution < -0.4 is 10.6 Å². The van der Waals surface area contributed by atoms with Crippen molar-refractivity contribution >= 4 is 50.5 Å². The molecule has 0 bridgehead atoms. The average molecular weight is 373 g/mol. The van der Waals surface area contributed by atoms with E-state index in [4.69, 9.17) is 11.6 Å². The van der Waals surface area contributed by atoms with Crippen LogP contribution in [0.15, 0.2) is 48.5 Å². The molecule has 0 saturated heterocycles. The first-order valence-electron chi connectivity index (χ1n) is 7.86. The molecule has 128 valence electrons. The number of carbonyl (C=O) groups is 2. The van der Waals surface area contributed by atoms with E-state index in [9.17, 15) is 9.59 Å². The minimum atomic E-state index is -0.218. The predicted octanol–water partition coefficient (Wildman–Crippen LogP) is 4.49. The van der Waals surface area contributed by atoms with E-state index >= 15 is 0 Å². The zero-order valence-electron chi connectivity index (χ0n) is 13.6. The first-order chi connectivity index (χ1) is 12.1. The molecule has 2 amide bonds. The molecular formula is C19H17ClN2O2S. The molecule has 3 rings (SSSR count). The predicted molar refractivity (Wildman–Crippen MR) is 104 cm³/mol. The quantitative estimate of drug-likeness (QED) is 0.693. The molecule has 0 aliphatic carbocycles. The van der Waals surface area contributed by atoms with Crippen LogP contribution in [0.3, 0.4) is 0 Å². The molecule has 0 saturated carbocycles. The van der Waals surface area contributed by atoms with Crippen molar-refractivity contribution in [1.82, 2.24) is 5.32 Å². The zero-order valence-corrected chi connectivity index (χ0v) is 15.2. The highest BCUT2D eigenvalue weighted by Crippen LogP contribution is 2.35. The molecule has 0 spiro atoms. The summed E-state index contributed by atoms with van der Waals surface area (Å²) in [5, 5.41) is 6.85. The van der Waals surface area contributed by atoms with Gasteiger partial charge >= 0.3 is 0 Å². The molecule has 3 aromatic rings. The molecule has 4 nitrogen and oxygen atoms in total. The maximum atomic E-state index is 12.5. The van der Waals surface area contributed by atoms with Gasteiger partial charge in [-0.05, 0) is 30.2 Å². The van der Waals surface area contributed by atoms with Crippen LogP contribution >= 0.6 is 22.9 Å². The smallest absolute Gasteiger partial charge is 0.267 e. The van der Waals surface area contributed by atoms with Crippen molar-refractivity contribution in [2.75, 3.05) is 12.4 Å². The fraction of sp³-hybridized carbons (Fsp3) is 0.158. The summed E-state index contributed by atoms with van der Waals surface area (Å²) in [6.45, 7) is 0. The number of carbonyl (C=O) groups excluding carboxylic acids is 2. The van der Waals surface area contributed by atoms with Crippen molar-refractivity contribution in [3.8, 4) is 0 Å². The Labute approximate surface area is 154 Å². The van der Waals surface area contributed by atoms with E-state index in [-0.39, 0.29) is 11.8 Å². The topological polar surface area (TPSA) is 58.2 Å². The van der Waals surface area contributed by atoms with Crippen molar-refractivity contribution in [2.24, 2.45) is 0 Å². The number of hydrogen-bond acceptors (Lipinski definition) is 3.